The third-order valence-electron chi connectivity index (χ3n) is 5.39. The molecule has 31 heavy (non-hydrogen) atoms. The zero-order valence-corrected chi connectivity index (χ0v) is 18.2. The molecule has 0 bridgehead atoms. The van der Waals surface area contributed by atoms with Crippen LogP contribution in [0.5, 0.6) is 0 Å². The summed E-state index contributed by atoms with van der Waals surface area (Å²) in [5.41, 5.74) is 7.87. The highest BCUT2D eigenvalue weighted by Gasteiger charge is 2.31. The van der Waals surface area contributed by atoms with Crippen molar-refractivity contribution in [3.05, 3.63) is 42.6 Å². The Hall–Kier alpha value is -2.89. The summed E-state index contributed by atoms with van der Waals surface area (Å²) < 4.78 is 31.4. The van der Waals surface area contributed by atoms with Gasteiger partial charge in [-0.25, -0.2) is 28.5 Å². The van der Waals surface area contributed by atoms with Crippen LogP contribution in [0.25, 0.3) is 17.1 Å². The number of nitrogens with zero attached hydrogens (tertiary/aromatic N) is 5. The fourth-order valence-electron chi connectivity index (χ4n) is 3.79. The first-order valence-electron chi connectivity index (χ1n) is 9.94. The standard InChI is InChI=1S/C20H25N7O3S/c1-20(2)8-7-14(30-20)5-3-13-4-6-15(31(22,28)29)9-16(13)17-10-24-18(21)19(26-17)27-12-23-11-25-27/h4,6,9-12,14H,3,5,7-8H2,1-2H3,(H2,21,24)(H2,22,28,29)/t14-/m0/s1. The first-order valence-corrected chi connectivity index (χ1v) is 11.5. The van der Waals surface area contributed by atoms with Crippen molar-refractivity contribution in [1.29, 1.82) is 0 Å². The lowest BCUT2D eigenvalue weighted by Crippen LogP contribution is -2.20. The molecule has 1 aliphatic heterocycles. The number of aryl methyl sites for hydroxylation is 1. The number of hydrogen-bond donors (Lipinski definition) is 2. The van der Waals surface area contributed by atoms with Crippen molar-refractivity contribution in [3.63, 3.8) is 0 Å². The zero-order chi connectivity index (χ0) is 22.2. The normalized spacial score (nSPS) is 18.4. The number of aromatic nitrogens is 5. The predicted octanol–water partition coefficient (Wildman–Crippen LogP) is 1.84. The molecule has 1 fully saturated rings. The van der Waals surface area contributed by atoms with E-state index in [2.05, 4.69) is 33.9 Å². The first-order chi connectivity index (χ1) is 14.6. The van der Waals surface area contributed by atoms with Crippen LogP contribution in [0.15, 0.2) is 41.9 Å². The number of primary sulfonamides is 1. The number of benzene rings is 1. The van der Waals surface area contributed by atoms with Gasteiger partial charge in [-0.3, -0.25) is 0 Å². The average Bonchev–Trinajstić information content (AvgIpc) is 3.35. The highest BCUT2D eigenvalue weighted by molar-refractivity contribution is 7.89. The molecule has 0 radical (unpaired) electrons. The molecule has 0 unspecified atom stereocenters. The smallest absolute Gasteiger partial charge is 0.238 e. The Labute approximate surface area is 180 Å². The zero-order valence-electron chi connectivity index (χ0n) is 17.4. The summed E-state index contributed by atoms with van der Waals surface area (Å²) in [4.78, 5) is 12.7. The summed E-state index contributed by atoms with van der Waals surface area (Å²) in [6.07, 6.45) is 8.00. The summed E-state index contributed by atoms with van der Waals surface area (Å²) in [5, 5.41) is 9.42. The van der Waals surface area contributed by atoms with Crippen molar-refractivity contribution in [1.82, 2.24) is 24.7 Å². The van der Waals surface area contributed by atoms with Gasteiger partial charge in [0.25, 0.3) is 0 Å². The van der Waals surface area contributed by atoms with E-state index in [-0.39, 0.29) is 22.4 Å². The molecule has 3 aromatic rings. The molecule has 1 atom stereocenters. The maximum Gasteiger partial charge on any atom is 0.238 e. The van der Waals surface area contributed by atoms with E-state index in [1.165, 1.54) is 35.7 Å². The minimum absolute atomic E-state index is 0.00503. The molecule has 11 heteroatoms. The first kappa shape index (κ1) is 21.3. The van der Waals surface area contributed by atoms with Crippen LogP contribution in [0.3, 0.4) is 0 Å². The van der Waals surface area contributed by atoms with Crippen molar-refractivity contribution in [2.24, 2.45) is 5.14 Å². The summed E-state index contributed by atoms with van der Waals surface area (Å²) in [6, 6.07) is 4.80. The molecule has 0 amide bonds. The molecule has 1 aromatic carbocycles. The van der Waals surface area contributed by atoms with Gasteiger partial charge in [0.1, 0.15) is 12.7 Å². The van der Waals surface area contributed by atoms with E-state index in [1.807, 2.05) is 0 Å². The van der Waals surface area contributed by atoms with Gasteiger partial charge in [0.05, 0.1) is 28.5 Å². The van der Waals surface area contributed by atoms with Crippen LogP contribution in [-0.4, -0.2) is 44.9 Å². The lowest BCUT2D eigenvalue weighted by atomic mass is 9.98. The van der Waals surface area contributed by atoms with E-state index in [0.29, 0.717) is 23.5 Å². The minimum Gasteiger partial charge on any atom is -0.381 e. The van der Waals surface area contributed by atoms with Crippen LogP contribution >= 0.6 is 0 Å². The number of rotatable bonds is 6. The highest BCUT2D eigenvalue weighted by atomic mass is 32.2. The van der Waals surface area contributed by atoms with Gasteiger partial charge in [-0.1, -0.05) is 6.07 Å². The molecule has 1 aliphatic rings. The van der Waals surface area contributed by atoms with E-state index in [1.54, 1.807) is 6.07 Å². The Kier molecular flexibility index (Phi) is 5.50. The third-order valence-corrected chi connectivity index (χ3v) is 6.30. The molecule has 0 spiro atoms. The van der Waals surface area contributed by atoms with E-state index >= 15 is 0 Å². The Bertz CT molecular complexity index is 1190. The number of nitrogens with two attached hydrogens (primary N) is 2. The third kappa shape index (κ3) is 4.73. The molecule has 2 aromatic heterocycles. The molecule has 0 saturated carbocycles. The Morgan fingerprint density at radius 2 is 2.13 bits per heavy atom. The molecular formula is C20H25N7O3S. The summed E-state index contributed by atoms with van der Waals surface area (Å²) >= 11 is 0. The molecule has 164 valence electrons. The van der Waals surface area contributed by atoms with Gasteiger partial charge < -0.3 is 10.5 Å². The monoisotopic (exact) mass is 443 g/mol. The Morgan fingerprint density at radius 3 is 2.77 bits per heavy atom. The van der Waals surface area contributed by atoms with E-state index < -0.39 is 10.0 Å². The number of ether oxygens (including phenoxy) is 1. The Balaban J connectivity index is 1.72. The largest absolute Gasteiger partial charge is 0.381 e. The fraction of sp³-hybridized carbons (Fsp3) is 0.400. The van der Waals surface area contributed by atoms with Crippen LogP contribution in [0.2, 0.25) is 0 Å². The van der Waals surface area contributed by atoms with Gasteiger partial charge in [-0.05, 0) is 57.2 Å². The van der Waals surface area contributed by atoms with Gasteiger partial charge in [0.2, 0.25) is 10.0 Å². The van der Waals surface area contributed by atoms with Gasteiger partial charge >= 0.3 is 0 Å². The Morgan fingerprint density at radius 1 is 1.32 bits per heavy atom. The molecule has 0 aliphatic carbocycles. The molecule has 1 saturated heterocycles. The van der Waals surface area contributed by atoms with Gasteiger partial charge in [-0.15, -0.1) is 0 Å². The van der Waals surface area contributed by atoms with Crippen molar-refractivity contribution in [2.45, 2.75) is 56.1 Å². The summed E-state index contributed by atoms with van der Waals surface area (Å²) in [5.74, 6) is 0.489. The SMILES string of the molecule is CC1(C)CC[C@H](CCc2ccc(S(N)(=O)=O)cc2-c2cnc(N)c(-n3cncn3)n2)O1. The highest BCUT2D eigenvalue weighted by Crippen LogP contribution is 2.33. The number of anilines is 1. The predicted molar refractivity (Wildman–Crippen MR) is 115 cm³/mol. The molecule has 4 N–H and O–H groups in total. The van der Waals surface area contributed by atoms with Crippen molar-refractivity contribution < 1.29 is 13.2 Å². The van der Waals surface area contributed by atoms with Crippen LogP contribution in [0, 0.1) is 0 Å². The van der Waals surface area contributed by atoms with Crippen LogP contribution < -0.4 is 10.9 Å². The van der Waals surface area contributed by atoms with E-state index in [4.69, 9.17) is 15.6 Å². The lowest BCUT2D eigenvalue weighted by molar-refractivity contribution is -0.0180. The second kappa shape index (κ2) is 7.98. The number of nitrogen functional groups attached to an aromatic ring is 1. The quantitative estimate of drug-likeness (QED) is 0.585. The van der Waals surface area contributed by atoms with Crippen LogP contribution in [0.4, 0.5) is 5.82 Å². The molecule has 4 rings (SSSR count). The van der Waals surface area contributed by atoms with Crippen LogP contribution in [-0.2, 0) is 21.2 Å². The maximum absolute atomic E-state index is 12.0. The molecular weight excluding hydrogens is 418 g/mol. The van der Waals surface area contributed by atoms with Crippen molar-refractivity contribution in [3.8, 4) is 17.1 Å². The van der Waals surface area contributed by atoms with E-state index in [9.17, 15) is 8.42 Å². The number of hydrogen-bond acceptors (Lipinski definition) is 8. The van der Waals surface area contributed by atoms with E-state index in [0.717, 1.165) is 24.8 Å². The minimum atomic E-state index is -3.88. The second-order valence-electron chi connectivity index (χ2n) is 8.25. The topological polar surface area (TPSA) is 152 Å². The van der Waals surface area contributed by atoms with Gasteiger partial charge in [0, 0.05) is 5.56 Å². The van der Waals surface area contributed by atoms with Crippen molar-refractivity contribution in [2.75, 3.05) is 5.73 Å². The summed E-state index contributed by atoms with van der Waals surface area (Å²) in [6.45, 7) is 4.18. The van der Waals surface area contributed by atoms with Crippen LogP contribution in [0.1, 0.15) is 38.7 Å². The molecule has 3 heterocycles. The summed E-state index contributed by atoms with van der Waals surface area (Å²) in [7, 11) is -3.88. The van der Waals surface area contributed by atoms with Gasteiger partial charge in [0.15, 0.2) is 11.6 Å². The molecule has 10 nitrogen and oxygen atoms in total. The maximum atomic E-state index is 12.0. The van der Waals surface area contributed by atoms with Gasteiger partial charge in [-0.2, -0.15) is 9.78 Å². The van der Waals surface area contributed by atoms with Crippen molar-refractivity contribution >= 4 is 15.8 Å². The fourth-order valence-corrected chi connectivity index (χ4v) is 4.33. The second-order valence-corrected chi connectivity index (χ2v) is 9.81. The average molecular weight is 444 g/mol. The number of sulfonamides is 1. The lowest BCUT2D eigenvalue weighted by Gasteiger charge is -2.19.